The molecule has 1 saturated heterocycles. The van der Waals surface area contributed by atoms with Crippen molar-refractivity contribution in [3.8, 4) is 0 Å². The smallest absolute Gasteiger partial charge is 0.270 e. The van der Waals surface area contributed by atoms with Gasteiger partial charge in [0.1, 0.15) is 11.5 Å². The first-order chi connectivity index (χ1) is 14.5. The molecule has 0 spiro atoms. The largest absolute Gasteiger partial charge is 0.383 e. The van der Waals surface area contributed by atoms with Crippen molar-refractivity contribution in [1.29, 1.82) is 0 Å². The fourth-order valence-corrected chi connectivity index (χ4v) is 3.99. The molecular formula is C22H31FN4O3. The van der Waals surface area contributed by atoms with Gasteiger partial charge in [0.05, 0.1) is 6.61 Å². The number of carbonyl (C=O) groups is 2. The van der Waals surface area contributed by atoms with Gasteiger partial charge in [-0.15, -0.1) is 0 Å². The lowest BCUT2D eigenvalue weighted by Crippen LogP contribution is -2.46. The van der Waals surface area contributed by atoms with Crippen LogP contribution in [0.15, 0.2) is 29.4 Å². The molecule has 0 aromatic heterocycles. The standard InChI is InChI=1S/C22H31FN4O3/c1-25-21(28)8-7-20(24-25)22(29)27(13-14-30-2)15-17-9-11-26(12-10-17)16-18-5-3-4-6-19(18)23/h3-6,17H,7-16H2,1-2H3. The van der Waals surface area contributed by atoms with E-state index in [1.54, 1.807) is 20.2 Å². The summed E-state index contributed by atoms with van der Waals surface area (Å²) in [6, 6.07) is 6.91. The third-order valence-electron chi connectivity index (χ3n) is 5.84. The first kappa shape index (κ1) is 22.4. The van der Waals surface area contributed by atoms with E-state index in [4.69, 9.17) is 4.74 Å². The summed E-state index contributed by atoms with van der Waals surface area (Å²) in [7, 11) is 3.20. The minimum atomic E-state index is -0.160. The molecule has 1 fully saturated rings. The summed E-state index contributed by atoms with van der Waals surface area (Å²) in [5.74, 6) is 0.0382. The molecule has 0 atom stereocenters. The molecule has 1 aromatic carbocycles. The van der Waals surface area contributed by atoms with Gasteiger partial charge in [-0.05, 0) is 37.9 Å². The molecule has 0 radical (unpaired) electrons. The van der Waals surface area contributed by atoms with Gasteiger partial charge in [-0.25, -0.2) is 9.40 Å². The summed E-state index contributed by atoms with van der Waals surface area (Å²) in [6.07, 6.45) is 2.60. The maximum atomic E-state index is 13.9. The Morgan fingerprint density at radius 1 is 1.27 bits per heavy atom. The normalized spacial score (nSPS) is 18.4. The van der Waals surface area contributed by atoms with E-state index in [0.29, 0.717) is 50.7 Å². The Bertz CT molecular complexity index is 777. The fourth-order valence-electron chi connectivity index (χ4n) is 3.99. The van der Waals surface area contributed by atoms with Crippen LogP contribution in [0.2, 0.25) is 0 Å². The van der Waals surface area contributed by atoms with Crippen LogP contribution in [0.3, 0.4) is 0 Å². The predicted octanol–water partition coefficient (Wildman–Crippen LogP) is 2.12. The van der Waals surface area contributed by atoms with Gasteiger partial charge in [0.15, 0.2) is 0 Å². The maximum absolute atomic E-state index is 13.9. The second-order valence-electron chi connectivity index (χ2n) is 8.02. The number of carbonyl (C=O) groups excluding carboxylic acids is 2. The minimum absolute atomic E-state index is 0.0720. The SMILES string of the molecule is COCCN(CC1CCN(Cc2ccccc2F)CC1)C(=O)C1=NN(C)C(=O)CC1. The molecule has 2 amide bonds. The first-order valence-electron chi connectivity index (χ1n) is 10.6. The van der Waals surface area contributed by atoms with E-state index in [0.717, 1.165) is 31.5 Å². The number of piperidine rings is 1. The Morgan fingerprint density at radius 3 is 2.67 bits per heavy atom. The summed E-state index contributed by atoms with van der Waals surface area (Å²) in [5.41, 5.74) is 1.16. The highest BCUT2D eigenvalue weighted by Gasteiger charge is 2.29. The van der Waals surface area contributed by atoms with Crippen molar-refractivity contribution in [3.63, 3.8) is 0 Å². The minimum Gasteiger partial charge on any atom is -0.383 e. The number of rotatable bonds is 8. The van der Waals surface area contributed by atoms with Crippen molar-refractivity contribution in [2.75, 3.05) is 46.9 Å². The van der Waals surface area contributed by atoms with E-state index >= 15 is 0 Å². The van der Waals surface area contributed by atoms with Crippen molar-refractivity contribution >= 4 is 17.5 Å². The molecule has 8 heteroatoms. The van der Waals surface area contributed by atoms with Gasteiger partial charge in [-0.3, -0.25) is 14.5 Å². The van der Waals surface area contributed by atoms with Gasteiger partial charge < -0.3 is 9.64 Å². The number of nitrogens with zero attached hydrogens (tertiary/aromatic N) is 4. The molecule has 0 N–H and O–H groups in total. The molecule has 30 heavy (non-hydrogen) atoms. The first-order valence-corrected chi connectivity index (χ1v) is 10.6. The van der Waals surface area contributed by atoms with E-state index in [-0.39, 0.29) is 17.6 Å². The zero-order valence-electron chi connectivity index (χ0n) is 17.8. The van der Waals surface area contributed by atoms with Gasteiger partial charge in [0, 0.05) is 52.2 Å². The molecule has 3 rings (SSSR count). The average molecular weight is 419 g/mol. The topological polar surface area (TPSA) is 65.5 Å². The Hall–Kier alpha value is -2.32. The van der Waals surface area contributed by atoms with Crippen molar-refractivity contribution in [2.45, 2.75) is 32.2 Å². The molecule has 2 aliphatic rings. The van der Waals surface area contributed by atoms with Crippen molar-refractivity contribution in [3.05, 3.63) is 35.6 Å². The van der Waals surface area contributed by atoms with Crippen LogP contribution in [0.1, 0.15) is 31.2 Å². The molecular weight excluding hydrogens is 387 g/mol. The number of hydrazone groups is 1. The highest BCUT2D eigenvalue weighted by atomic mass is 19.1. The molecule has 2 aliphatic heterocycles. The van der Waals surface area contributed by atoms with Crippen LogP contribution in [0.5, 0.6) is 0 Å². The number of halogens is 1. The molecule has 2 heterocycles. The van der Waals surface area contributed by atoms with Crippen LogP contribution in [-0.2, 0) is 20.9 Å². The van der Waals surface area contributed by atoms with Crippen molar-refractivity contribution in [1.82, 2.24) is 14.8 Å². The Labute approximate surface area is 177 Å². The number of amides is 2. The van der Waals surface area contributed by atoms with Gasteiger partial charge >= 0.3 is 0 Å². The summed E-state index contributed by atoms with van der Waals surface area (Å²) in [5, 5.41) is 5.43. The van der Waals surface area contributed by atoms with E-state index in [9.17, 15) is 14.0 Å². The fraction of sp³-hybridized carbons (Fsp3) is 0.591. The van der Waals surface area contributed by atoms with E-state index in [2.05, 4.69) is 10.0 Å². The number of hydrogen-bond donors (Lipinski definition) is 0. The Kier molecular flexibility index (Phi) is 7.93. The van der Waals surface area contributed by atoms with Crippen molar-refractivity contribution < 1.29 is 18.7 Å². The highest BCUT2D eigenvalue weighted by molar-refractivity contribution is 6.39. The van der Waals surface area contributed by atoms with Crippen LogP contribution >= 0.6 is 0 Å². The summed E-state index contributed by atoms with van der Waals surface area (Å²) >= 11 is 0. The Morgan fingerprint density at radius 2 is 2.00 bits per heavy atom. The molecule has 0 bridgehead atoms. The van der Waals surface area contributed by atoms with Crippen molar-refractivity contribution in [2.24, 2.45) is 11.0 Å². The number of benzene rings is 1. The molecule has 0 aliphatic carbocycles. The summed E-state index contributed by atoms with van der Waals surface area (Å²) in [6.45, 7) is 3.98. The summed E-state index contributed by atoms with van der Waals surface area (Å²) < 4.78 is 19.1. The third kappa shape index (κ3) is 5.86. The van der Waals surface area contributed by atoms with Gasteiger partial charge in [0.25, 0.3) is 5.91 Å². The molecule has 7 nitrogen and oxygen atoms in total. The lowest BCUT2D eigenvalue weighted by molar-refractivity contribution is -0.131. The molecule has 0 saturated carbocycles. The maximum Gasteiger partial charge on any atom is 0.270 e. The lowest BCUT2D eigenvalue weighted by Gasteiger charge is -2.35. The van der Waals surface area contributed by atoms with Gasteiger partial charge in [0.2, 0.25) is 5.91 Å². The zero-order chi connectivity index (χ0) is 21.5. The van der Waals surface area contributed by atoms with Crippen LogP contribution in [0, 0.1) is 11.7 Å². The van der Waals surface area contributed by atoms with Crippen LogP contribution in [0.4, 0.5) is 4.39 Å². The molecule has 164 valence electrons. The van der Waals surface area contributed by atoms with Crippen LogP contribution < -0.4 is 0 Å². The van der Waals surface area contributed by atoms with E-state index in [1.807, 2.05) is 17.0 Å². The van der Waals surface area contributed by atoms with E-state index < -0.39 is 0 Å². The average Bonchev–Trinajstić information content (AvgIpc) is 2.75. The number of methoxy groups -OCH3 is 1. The second-order valence-corrected chi connectivity index (χ2v) is 8.02. The van der Waals surface area contributed by atoms with Gasteiger partial charge in [-0.2, -0.15) is 5.10 Å². The monoisotopic (exact) mass is 418 g/mol. The predicted molar refractivity (Wildman–Crippen MR) is 112 cm³/mol. The quantitative estimate of drug-likeness (QED) is 0.649. The number of likely N-dealkylation sites (tertiary alicyclic amines) is 1. The van der Waals surface area contributed by atoms with Gasteiger partial charge in [-0.1, -0.05) is 18.2 Å². The van der Waals surface area contributed by atoms with Crippen LogP contribution in [-0.4, -0.2) is 79.3 Å². The zero-order valence-corrected chi connectivity index (χ0v) is 17.8. The van der Waals surface area contributed by atoms with E-state index in [1.165, 1.54) is 11.1 Å². The Balaban J connectivity index is 1.55. The lowest BCUT2D eigenvalue weighted by atomic mass is 9.95. The number of hydrogen-bond acceptors (Lipinski definition) is 5. The number of ether oxygens (including phenoxy) is 1. The molecule has 1 aromatic rings. The third-order valence-corrected chi connectivity index (χ3v) is 5.84. The van der Waals surface area contributed by atoms with Crippen LogP contribution in [0.25, 0.3) is 0 Å². The summed E-state index contributed by atoms with van der Waals surface area (Å²) in [4.78, 5) is 28.7. The highest BCUT2D eigenvalue weighted by Crippen LogP contribution is 2.22. The second kappa shape index (κ2) is 10.6. The molecule has 0 unspecified atom stereocenters.